The summed E-state index contributed by atoms with van der Waals surface area (Å²) in [4.78, 5) is 4.22. The van der Waals surface area contributed by atoms with Gasteiger partial charge in [0, 0.05) is 18.3 Å². The van der Waals surface area contributed by atoms with Gasteiger partial charge in [0.25, 0.3) is 0 Å². The highest BCUT2D eigenvalue weighted by Crippen LogP contribution is 2.12. The van der Waals surface area contributed by atoms with Gasteiger partial charge in [0.05, 0.1) is 6.07 Å². The van der Waals surface area contributed by atoms with Crippen molar-refractivity contribution in [1.29, 1.82) is 5.26 Å². The molecule has 1 atom stereocenters. The minimum Gasteiger partial charge on any atom is -0.316 e. The van der Waals surface area contributed by atoms with Crippen molar-refractivity contribution in [2.24, 2.45) is 0 Å². The zero-order valence-corrected chi connectivity index (χ0v) is 7.70. The molecule has 0 aliphatic carbocycles. The van der Waals surface area contributed by atoms with Crippen molar-refractivity contribution in [3.63, 3.8) is 0 Å². The molecule has 0 spiro atoms. The quantitative estimate of drug-likeness (QED) is 0.667. The molecule has 0 aliphatic heterocycles. The molecular formula is C9H13N3. The lowest BCUT2D eigenvalue weighted by Gasteiger charge is -2.10. The van der Waals surface area contributed by atoms with Crippen molar-refractivity contribution >= 4 is 0 Å². The third kappa shape index (κ3) is 1.33. The van der Waals surface area contributed by atoms with Crippen molar-refractivity contribution in [2.45, 2.75) is 33.2 Å². The third-order valence-corrected chi connectivity index (χ3v) is 1.95. The van der Waals surface area contributed by atoms with Crippen LogP contribution in [0.2, 0.25) is 0 Å². The van der Waals surface area contributed by atoms with E-state index in [1.165, 1.54) is 0 Å². The summed E-state index contributed by atoms with van der Waals surface area (Å²) in [5.74, 6) is 0.988. The summed E-state index contributed by atoms with van der Waals surface area (Å²) in [6.07, 6.45) is 2.69. The van der Waals surface area contributed by atoms with E-state index in [0.29, 0.717) is 0 Å². The molecule has 1 unspecified atom stereocenters. The van der Waals surface area contributed by atoms with E-state index in [1.54, 1.807) is 0 Å². The van der Waals surface area contributed by atoms with Gasteiger partial charge in [-0.3, -0.25) is 0 Å². The number of nitriles is 1. The van der Waals surface area contributed by atoms with Gasteiger partial charge in [-0.2, -0.15) is 5.26 Å². The zero-order chi connectivity index (χ0) is 9.14. The van der Waals surface area contributed by atoms with Crippen LogP contribution in [0.1, 0.15) is 31.4 Å². The second-order valence-corrected chi connectivity index (χ2v) is 2.84. The average Bonchev–Trinajstić information content (AvgIpc) is 2.45. The van der Waals surface area contributed by atoms with E-state index in [9.17, 15) is 0 Å². The van der Waals surface area contributed by atoms with Crippen LogP contribution in [0, 0.1) is 18.3 Å². The smallest absolute Gasteiger partial charge is 0.119 e. The van der Waals surface area contributed by atoms with Gasteiger partial charge in [-0.05, 0) is 13.8 Å². The maximum atomic E-state index is 8.75. The van der Waals surface area contributed by atoms with Crippen molar-refractivity contribution < 1.29 is 0 Å². The molecule has 0 saturated carbocycles. The topological polar surface area (TPSA) is 41.6 Å². The zero-order valence-electron chi connectivity index (χ0n) is 7.70. The molecule has 0 saturated heterocycles. The van der Waals surface area contributed by atoms with Gasteiger partial charge in [-0.15, -0.1) is 0 Å². The first-order valence-electron chi connectivity index (χ1n) is 4.13. The number of hydrogen-bond acceptors (Lipinski definition) is 2. The number of hydrogen-bond donors (Lipinski definition) is 0. The largest absolute Gasteiger partial charge is 0.316 e. The molecule has 0 fully saturated rings. The number of imidazole rings is 1. The summed E-state index contributed by atoms with van der Waals surface area (Å²) in [5, 5.41) is 8.75. The summed E-state index contributed by atoms with van der Waals surface area (Å²) in [7, 11) is 0. The number of aryl methyl sites for hydroxylation is 2. The lowest BCUT2D eigenvalue weighted by Crippen LogP contribution is -2.08. The Labute approximate surface area is 72.7 Å². The molecule has 0 aliphatic rings. The van der Waals surface area contributed by atoms with Gasteiger partial charge < -0.3 is 4.57 Å². The predicted octanol–water partition coefficient (Wildman–Crippen LogP) is 1.84. The Balaban J connectivity index is 3.12. The van der Waals surface area contributed by atoms with E-state index < -0.39 is 0 Å². The van der Waals surface area contributed by atoms with Gasteiger partial charge in [-0.1, -0.05) is 6.92 Å². The van der Waals surface area contributed by atoms with Crippen LogP contribution in [0.5, 0.6) is 0 Å². The molecule has 0 N–H and O–H groups in total. The van der Waals surface area contributed by atoms with E-state index in [-0.39, 0.29) is 6.04 Å². The van der Waals surface area contributed by atoms with Gasteiger partial charge in [0.2, 0.25) is 0 Å². The average molecular weight is 163 g/mol. The minimum atomic E-state index is -0.109. The monoisotopic (exact) mass is 163 g/mol. The van der Waals surface area contributed by atoms with Crippen LogP contribution in [0.4, 0.5) is 0 Å². The van der Waals surface area contributed by atoms with Crippen LogP contribution in [-0.4, -0.2) is 9.55 Å². The molecule has 12 heavy (non-hydrogen) atoms. The van der Waals surface area contributed by atoms with Crippen molar-refractivity contribution in [3.05, 3.63) is 17.7 Å². The Kier molecular flexibility index (Phi) is 2.49. The third-order valence-electron chi connectivity index (χ3n) is 1.95. The summed E-state index contributed by atoms with van der Waals surface area (Å²) >= 11 is 0. The highest BCUT2D eigenvalue weighted by atomic mass is 15.1. The predicted molar refractivity (Wildman–Crippen MR) is 46.7 cm³/mol. The molecule has 0 aromatic carbocycles. The maximum Gasteiger partial charge on any atom is 0.119 e. The lowest BCUT2D eigenvalue weighted by atomic mass is 10.3. The van der Waals surface area contributed by atoms with Crippen LogP contribution in [0.15, 0.2) is 6.20 Å². The van der Waals surface area contributed by atoms with Gasteiger partial charge in [0.1, 0.15) is 11.9 Å². The molecule has 1 aromatic rings. The number of rotatable bonds is 2. The molecule has 1 heterocycles. The first-order chi connectivity index (χ1) is 5.70. The van der Waals surface area contributed by atoms with Gasteiger partial charge in [-0.25, -0.2) is 4.98 Å². The Morgan fingerprint density at radius 3 is 2.92 bits per heavy atom. The van der Waals surface area contributed by atoms with Gasteiger partial charge >= 0.3 is 0 Å². The van der Waals surface area contributed by atoms with E-state index >= 15 is 0 Å². The first kappa shape index (κ1) is 8.79. The van der Waals surface area contributed by atoms with Crippen molar-refractivity contribution in [3.8, 4) is 6.07 Å². The fourth-order valence-corrected chi connectivity index (χ4v) is 1.34. The Bertz CT molecular complexity index is 306. The molecular weight excluding hydrogens is 150 g/mol. The minimum absolute atomic E-state index is 0.109. The fraction of sp³-hybridized carbons (Fsp3) is 0.556. The van der Waals surface area contributed by atoms with Crippen LogP contribution < -0.4 is 0 Å². The molecule has 1 rings (SSSR count). The second kappa shape index (κ2) is 3.40. The molecule has 0 bridgehead atoms. The molecule has 64 valence electrons. The van der Waals surface area contributed by atoms with Crippen LogP contribution in [-0.2, 0) is 6.42 Å². The van der Waals surface area contributed by atoms with Crippen LogP contribution in [0.25, 0.3) is 0 Å². The fourth-order valence-electron chi connectivity index (χ4n) is 1.34. The Morgan fingerprint density at radius 1 is 1.75 bits per heavy atom. The van der Waals surface area contributed by atoms with E-state index in [1.807, 2.05) is 31.5 Å². The molecule has 3 heteroatoms. The standard InChI is InChI=1S/C9H13N3/c1-4-9-11-6-8(3)12(9)7(2)5-10/h6-7H,4H2,1-3H3. The highest BCUT2D eigenvalue weighted by Gasteiger charge is 2.10. The highest BCUT2D eigenvalue weighted by molar-refractivity contribution is 5.08. The SMILES string of the molecule is CCc1ncc(C)n1C(C)C#N. The summed E-state index contributed by atoms with van der Waals surface area (Å²) in [5.41, 5.74) is 1.06. The first-order valence-corrected chi connectivity index (χ1v) is 4.13. The Morgan fingerprint density at radius 2 is 2.42 bits per heavy atom. The summed E-state index contributed by atoms with van der Waals surface area (Å²) in [6, 6.07) is 2.10. The van der Waals surface area contributed by atoms with Crippen molar-refractivity contribution in [1.82, 2.24) is 9.55 Å². The lowest BCUT2D eigenvalue weighted by molar-refractivity contribution is 0.618. The molecule has 0 amide bonds. The van der Waals surface area contributed by atoms with Crippen molar-refractivity contribution in [2.75, 3.05) is 0 Å². The summed E-state index contributed by atoms with van der Waals surface area (Å²) in [6.45, 7) is 5.90. The normalized spacial score (nSPS) is 12.5. The number of nitrogens with zero attached hydrogens (tertiary/aromatic N) is 3. The Hall–Kier alpha value is -1.30. The number of aromatic nitrogens is 2. The second-order valence-electron chi connectivity index (χ2n) is 2.84. The van der Waals surface area contributed by atoms with E-state index in [2.05, 4.69) is 11.1 Å². The molecule has 0 radical (unpaired) electrons. The molecule has 1 aromatic heterocycles. The van der Waals surface area contributed by atoms with Crippen LogP contribution >= 0.6 is 0 Å². The van der Waals surface area contributed by atoms with E-state index in [4.69, 9.17) is 5.26 Å². The maximum absolute atomic E-state index is 8.75. The molecule has 3 nitrogen and oxygen atoms in total. The van der Waals surface area contributed by atoms with Gasteiger partial charge in [0.15, 0.2) is 0 Å². The summed E-state index contributed by atoms with van der Waals surface area (Å²) < 4.78 is 1.97. The van der Waals surface area contributed by atoms with Crippen LogP contribution in [0.3, 0.4) is 0 Å². The van der Waals surface area contributed by atoms with E-state index in [0.717, 1.165) is 17.9 Å².